The van der Waals surface area contributed by atoms with Gasteiger partial charge >= 0.3 is 0 Å². The first-order valence-corrected chi connectivity index (χ1v) is 6.07. The van der Waals surface area contributed by atoms with Crippen LogP contribution in [0.5, 0.6) is 0 Å². The predicted molar refractivity (Wildman–Crippen MR) is 74.1 cm³/mol. The van der Waals surface area contributed by atoms with Crippen molar-refractivity contribution in [1.29, 1.82) is 0 Å². The summed E-state index contributed by atoms with van der Waals surface area (Å²) in [6.45, 7) is 1.55. The molecule has 0 saturated carbocycles. The molecule has 0 unspecified atom stereocenters. The van der Waals surface area contributed by atoms with Gasteiger partial charge in [-0.2, -0.15) is 0 Å². The highest BCUT2D eigenvalue weighted by Gasteiger charge is 1.92. The molecule has 1 aromatic carbocycles. The van der Waals surface area contributed by atoms with Crippen LogP contribution < -0.4 is 11.5 Å². The van der Waals surface area contributed by atoms with E-state index in [1.807, 2.05) is 30.3 Å². The number of fused-ring (bicyclic) bond motifs is 1. The number of benzene rings is 1. The lowest BCUT2D eigenvalue weighted by atomic mass is 10.2. The summed E-state index contributed by atoms with van der Waals surface area (Å²) >= 11 is 5.71. The average Bonchev–Trinajstić information content (AvgIpc) is 2.37. The molecule has 0 spiro atoms. The van der Waals surface area contributed by atoms with Gasteiger partial charge < -0.3 is 11.5 Å². The molecule has 3 nitrogen and oxygen atoms in total. The van der Waals surface area contributed by atoms with Crippen LogP contribution in [-0.4, -0.2) is 18.1 Å². The molecule has 0 aliphatic heterocycles. The summed E-state index contributed by atoms with van der Waals surface area (Å²) in [6, 6.07) is 11.7. The molecule has 92 valence electrons. The van der Waals surface area contributed by atoms with Crippen LogP contribution in [-0.2, 0) is 0 Å². The summed E-state index contributed by atoms with van der Waals surface area (Å²) in [5.74, 6) is 0. The summed E-state index contributed by atoms with van der Waals surface area (Å²) < 4.78 is 0. The van der Waals surface area contributed by atoms with Gasteiger partial charge in [0, 0.05) is 5.39 Å². The Balaban J connectivity index is 0.000000209. The van der Waals surface area contributed by atoms with Crippen molar-refractivity contribution in [2.75, 3.05) is 13.1 Å². The number of pyridine rings is 1. The van der Waals surface area contributed by atoms with E-state index in [4.69, 9.17) is 23.1 Å². The standard InChI is InChI=1S/C9H6ClN.C4H12N2/c10-9-6-5-7-3-1-2-4-8(7)11-9;5-3-1-2-4-6/h1-6H;1-6H2. The first-order valence-electron chi connectivity index (χ1n) is 5.69. The molecule has 0 aliphatic carbocycles. The smallest absolute Gasteiger partial charge is 0.129 e. The van der Waals surface area contributed by atoms with E-state index < -0.39 is 0 Å². The lowest BCUT2D eigenvalue weighted by Gasteiger charge is -1.94. The second-order valence-corrected chi connectivity index (χ2v) is 4.00. The minimum absolute atomic E-state index is 0.545. The SMILES string of the molecule is Clc1ccc2ccccc2n1.NCCCCN. The van der Waals surface area contributed by atoms with Crippen LogP contribution in [0.3, 0.4) is 0 Å². The van der Waals surface area contributed by atoms with Crippen LogP contribution in [0.4, 0.5) is 0 Å². The molecule has 1 aromatic heterocycles. The van der Waals surface area contributed by atoms with E-state index in [2.05, 4.69) is 4.98 Å². The van der Waals surface area contributed by atoms with Crippen molar-refractivity contribution in [1.82, 2.24) is 4.98 Å². The molecular formula is C13H18ClN3. The Morgan fingerprint density at radius 1 is 0.941 bits per heavy atom. The fraction of sp³-hybridized carbons (Fsp3) is 0.308. The monoisotopic (exact) mass is 251 g/mol. The minimum Gasteiger partial charge on any atom is -0.330 e. The fourth-order valence-corrected chi connectivity index (χ4v) is 1.48. The molecule has 2 aromatic rings. The zero-order chi connectivity index (χ0) is 12.5. The van der Waals surface area contributed by atoms with Gasteiger partial charge in [0.05, 0.1) is 5.52 Å². The highest BCUT2D eigenvalue weighted by molar-refractivity contribution is 6.29. The quantitative estimate of drug-likeness (QED) is 0.651. The van der Waals surface area contributed by atoms with Crippen molar-refractivity contribution >= 4 is 22.5 Å². The number of para-hydroxylation sites is 1. The topological polar surface area (TPSA) is 64.9 Å². The molecule has 0 aliphatic rings. The molecule has 1 heterocycles. The van der Waals surface area contributed by atoms with Gasteiger partial charge in [-0.3, -0.25) is 0 Å². The highest BCUT2D eigenvalue weighted by Crippen LogP contribution is 2.13. The van der Waals surface area contributed by atoms with E-state index in [0.717, 1.165) is 36.8 Å². The third-order valence-electron chi connectivity index (χ3n) is 2.22. The molecule has 4 N–H and O–H groups in total. The van der Waals surface area contributed by atoms with Crippen molar-refractivity contribution in [2.24, 2.45) is 11.5 Å². The van der Waals surface area contributed by atoms with Crippen molar-refractivity contribution in [3.05, 3.63) is 41.6 Å². The van der Waals surface area contributed by atoms with Gasteiger partial charge in [0.1, 0.15) is 5.15 Å². The Morgan fingerprint density at radius 3 is 2.24 bits per heavy atom. The second kappa shape index (κ2) is 8.01. The van der Waals surface area contributed by atoms with E-state index in [1.165, 1.54) is 0 Å². The zero-order valence-electron chi connectivity index (χ0n) is 9.77. The van der Waals surface area contributed by atoms with E-state index in [1.54, 1.807) is 6.07 Å². The van der Waals surface area contributed by atoms with Gasteiger partial charge in [-0.05, 0) is 44.1 Å². The van der Waals surface area contributed by atoms with Crippen LogP contribution in [0.2, 0.25) is 5.15 Å². The molecule has 2 rings (SSSR count). The molecule has 0 atom stereocenters. The number of nitrogens with zero attached hydrogens (tertiary/aromatic N) is 1. The van der Waals surface area contributed by atoms with Gasteiger partial charge in [-0.1, -0.05) is 29.8 Å². The van der Waals surface area contributed by atoms with Crippen molar-refractivity contribution in [3.8, 4) is 0 Å². The molecule has 0 fully saturated rings. The summed E-state index contributed by atoms with van der Waals surface area (Å²) in [5.41, 5.74) is 11.3. The Kier molecular flexibility index (Phi) is 6.55. The number of rotatable bonds is 3. The molecule has 0 saturated heterocycles. The number of nitrogens with two attached hydrogens (primary N) is 2. The molecule has 0 radical (unpaired) electrons. The van der Waals surface area contributed by atoms with Crippen LogP contribution >= 0.6 is 11.6 Å². The Morgan fingerprint density at radius 2 is 1.59 bits per heavy atom. The van der Waals surface area contributed by atoms with Gasteiger partial charge in [0.15, 0.2) is 0 Å². The predicted octanol–water partition coefficient (Wildman–Crippen LogP) is 2.57. The zero-order valence-corrected chi connectivity index (χ0v) is 10.5. The molecular weight excluding hydrogens is 234 g/mol. The van der Waals surface area contributed by atoms with Crippen LogP contribution in [0.15, 0.2) is 36.4 Å². The largest absolute Gasteiger partial charge is 0.330 e. The van der Waals surface area contributed by atoms with Crippen LogP contribution in [0.1, 0.15) is 12.8 Å². The maximum atomic E-state index is 5.71. The second-order valence-electron chi connectivity index (χ2n) is 3.61. The number of unbranched alkanes of at least 4 members (excludes halogenated alkanes) is 1. The Labute approximate surface area is 107 Å². The van der Waals surface area contributed by atoms with Gasteiger partial charge in [0.25, 0.3) is 0 Å². The summed E-state index contributed by atoms with van der Waals surface area (Å²) in [5, 5.41) is 1.67. The molecule has 0 bridgehead atoms. The van der Waals surface area contributed by atoms with Crippen LogP contribution in [0.25, 0.3) is 10.9 Å². The van der Waals surface area contributed by atoms with E-state index >= 15 is 0 Å². The lowest BCUT2D eigenvalue weighted by Crippen LogP contribution is -2.03. The van der Waals surface area contributed by atoms with Gasteiger partial charge in [0.2, 0.25) is 0 Å². The maximum Gasteiger partial charge on any atom is 0.129 e. The van der Waals surface area contributed by atoms with E-state index in [0.29, 0.717) is 5.15 Å². The Bertz CT molecular complexity index is 441. The van der Waals surface area contributed by atoms with Gasteiger partial charge in [-0.25, -0.2) is 4.98 Å². The summed E-state index contributed by atoms with van der Waals surface area (Å²) in [6.07, 6.45) is 2.13. The van der Waals surface area contributed by atoms with Crippen LogP contribution in [0, 0.1) is 0 Å². The van der Waals surface area contributed by atoms with Crippen molar-refractivity contribution in [3.63, 3.8) is 0 Å². The molecule has 0 amide bonds. The van der Waals surface area contributed by atoms with Gasteiger partial charge in [-0.15, -0.1) is 0 Å². The Hall–Kier alpha value is -1.16. The average molecular weight is 252 g/mol. The number of aromatic nitrogens is 1. The number of hydrogen-bond acceptors (Lipinski definition) is 3. The highest BCUT2D eigenvalue weighted by atomic mass is 35.5. The van der Waals surface area contributed by atoms with E-state index in [9.17, 15) is 0 Å². The first kappa shape index (κ1) is 13.9. The minimum atomic E-state index is 0.545. The van der Waals surface area contributed by atoms with Crippen molar-refractivity contribution in [2.45, 2.75) is 12.8 Å². The molecule has 17 heavy (non-hydrogen) atoms. The van der Waals surface area contributed by atoms with Crippen molar-refractivity contribution < 1.29 is 0 Å². The number of hydrogen-bond donors (Lipinski definition) is 2. The molecule has 4 heteroatoms. The third-order valence-corrected chi connectivity index (χ3v) is 2.43. The lowest BCUT2D eigenvalue weighted by molar-refractivity contribution is 0.755. The summed E-state index contributed by atoms with van der Waals surface area (Å²) in [4.78, 5) is 4.14. The number of halogens is 1. The maximum absolute atomic E-state index is 5.71. The van der Waals surface area contributed by atoms with E-state index in [-0.39, 0.29) is 0 Å². The normalized spacial score (nSPS) is 9.82. The summed E-state index contributed by atoms with van der Waals surface area (Å²) in [7, 11) is 0. The fourth-order valence-electron chi connectivity index (χ4n) is 1.33. The third kappa shape index (κ3) is 5.13. The first-order chi connectivity index (χ1) is 8.27.